The molecule has 0 saturated heterocycles. The van der Waals surface area contributed by atoms with Crippen LogP contribution in [-0.4, -0.2) is 5.78 Å². The largest absolute Gasteiger partial charge is 0.299 e. The maximum absolute atomic E-state index is 14.2. The Balaban J connectivity index is 1.75. The van der Waals surface area contributed by atoms with Gasteiger partial charge in [-0.25, -0.2) is 4.39 Å². The van der Waals surface area contributed by atoms with Crippen LogP contribution in [-0.2, 0) is 11.2 Å². The summed E-state index contributed by atoms with van der Waals surface area (Å²) in [6.45, 7) is 6.10. The van der Waals surface area contributed by atoms with Crippen LogP contribution in [0.25, 0.3) is 0 Å². The van der Waals surface area contributed by atoms with Crippen LogP contribution < -0.4 is 0 Å². The molecule has 0 heterocycles. The maximum atomic E-state index is 14.2. The van der Waals surface area contributed by atoms with Gasteiger partial charge in [0.25, 0.3) is 0 Å². The Morgan fingerprint density at radius 2 is 2.22 bits per heavy atom. The smallest absolute Gasteiger partial charge is 0.139 e. The molecule has 2 heteroatoms. The average Bonchev–Trinajstić information content (AvgIpc) is 2.79. The van der Waals surface area contributed by atoms with Gasteiger partial charge in [0.2, 0.25) is 0 Å². The monoisotopic (exact) mass is 312 g/mol. The minimum Gasteiger partial charge on any atom is -0.299 e. The van der Waals surface area contributed by atoms with Gasteiger partial charge < -0.3 is 0 Å². The van der Waals surface area contributed by atoms with Gasteiger partial charge in [-0.2, -0.15) is 0 Å². The predicted octanol–water partition coefficient (Wildman–Crippen LogP) is 5.05. The molecule has 5 unspecified atom stereocenters. The Morgan fingerprint density at radius 3 is 3.00 bits per heavy atom. The van der Waals surface area contributed by atoms with Crippen molar-refractivity contribution in [1.82, 2.24) is 0 Å². The molecule has 0 aromatic heterocycles. The first kappa shape index (κ1) is 15.1. The van der Waals surface area contributed by atoms with Crippen molar-refractivity contribution in [3.05, 3.63) is 47.8 Å². The van der Waals surface area contributed by atoms with Crippen molar-refractivity contribution < 1.29 is 9.18 Å². The van der Waals surface area contributed by atoms with Gasteiger partial charge in [0.05, 0.1) is 0 Å². The predicted molar refractivity (Wildman–Crippen MR) is 89.7 cm³/mol. The minimum absolute atomic E-state index is 0.0422. The summed E-state index contributed by atoms with van der Waals surface area (Å²) in [4.78, 5) is 12.7. The van der Waals surface area contributed by atoms with E-state index in [1.165, 1.54) is 5.56 Å². The molecular weight excluding hydrogens is 287 g/mol. The van der Waals surface area contributed by atoms with Crippen LogP contribution in [0.2, 0.25) is 0 Å². The highest BCUT2D eigenvalue weighted by atomic mass is 19.1. The van der Waals surface area contributed by atoms with Crippen LogP contribution in [0, 0.1) is 29.0 Å². The molecule has 0 amide bonds. The third kappa shape index (κ3) is 2.07. The van der Waals surface area contributed by atoms with Gasteiger partial charge in [-0.15, -0.1) is 6.58 Å². The summed E-state index contributed by atoms with van der Waals surface area (Å²) < 4.78 is 14.2. The SMILES string of the molecule is C=CCC1CC(=O)C2(C)CCC3c4cccc(F)c4CCC3C12. The fourth-order valence-corrected chi connectivity index (χ4v) is 6.06. The molecule has 3 aliphatic carbocycles. The number of hydrogen-bond acceptors (Lipinski definition) is 1. The molecule has 0 N–H and O–H groups in total. The number of fused-ring (bicyclic) bond motifs is 5. The molecule has 0 bridgehead atoms. The summed E-state index contributed by atoms with van der Waals surface area (Å²) in [5.74, 6) is 2.26. The summed E-state index contributed by atoms with van der Waals surface area (Å²) in [5, 5.41) is 0. The highest BCUT2D eigenvalue weighted by Gasteiger charge is 2.58. The average molecular weight is 312 g/mol. The standard InChI is InChI=1S/C21H25FO/c1-3-5-13-12-19(23)21(2)11-10-15-14-6-4-7-18(22)16(14)8-9-17(15)20(13)21/h3-4,6-7,13,15,17,20H,1,5,8-12H2,2H3. The van der Waals surface area contributed by atoms with E-state index in [0.717, 1.165) is 37.7 Å². The number of benzene rings is 1. The van der Waals surface area contributed by atoms with Crippen molar-refractivity contribution >= 4 is 5.78 Å². The zero-order chi connectivity index (χ0) is 16.2. The fourth-order valence-electron chi connectivity index (χ4n) is 6.06. The van der Waals surface area contributed by atoms with Crippen molar-refractivity contribution in [2.45, 2.75) is 51.4 Å². The van der Waals surface area contributed by atoms with E-state index in [1.54, 1.807) is 6.07 Å². The van der Waals surface area contributed by atoms with E-state index in [0.29, 0.717) is 35.9 Å². The number of rotatable bonds is 2. The zero-order valence-electron chi connectivity index (χ0n) is 13.9. The van der Waals surface area contributed by atoms with Crippen LogP contribution in [0.15, 0.2) is 30.9 Å². The lowest BCUT2D eigenvalue weighted by Gasteiger charge is -2.49. The van der Waals surface area contributed by atoms with E-state index in [4.69, 9.17) is 0 Å². The summed E-state index contributed by atoms with van der Waals surface area (Å²) in [7, 11) is 0. The number of ketones is 1. The van der Waals surface area contributed by atoms with Gasteiger partial charge in [-0.05, 0) is 73.0 Å². The Hall–Kier alpha value is -1.44. The van der Waals surface area contributed by atoms with Gasteiger partial charge in [0, 0.05) is 11.8 Å². The summed E-state index contributed by atoms with van der Waals surface area (Å²) in [6.07, 6.45) is 7.47. The molecule has 0 spiro atoms. The first-order valence-corrected chi connectivity index (χ1v) is 8.97. The van der Waals surface area contributed by atoms with Crippen molar-refractivity contribution in [3.8, 4) is 0 Å². The Morgan fingerprint density at radius 1 is 1.39 bits per heavy atom. The fraction of sp³-hybridized carbons (Fsp3) is 0.571. The summed E-state index contributed by atoms with van der Waals surface area (Å²) in [5.41, 5.74) is 2.00. The summed E-state index contributed by atoms with van der Waals surface area (Å²) >= 11 is 0. The highest BCUT2D eigenvalue weighted by Crippen LogP contribution is 2.62. The molecule has 3 aliphatic rings. The molecule has 1 aromatic rings. The van der Waals surface area contributed by atoms with Crippen LogP contribution in [0.5, 0.6) is 0 Å². The lowest BCUT2D eigenvalue weighted by atomic mass is 9.54. The summed E-state index contributed by atoms with van der Waals surface area (Å²) in [6, 6.07) is 5.56. The van der Waals surface area contributed by atoms with E-state index in [9.17, 15) is 9.18 Å². The Bertz CT molecular complexity index is 664. The van der Waals surface area contributed by atoms with E-state index in [1.807, 2.05) is 12.1 Å². The van der Waals surface area contributed by atoms with E-state index in [-0.39, 0.29) is 11.2 Å². The minimum atomic E-state index is -0.153. The van der Waals surface area contributed by atoms with Crippen LogP contribution in [0.4, 0.5) is 4.39 Å². The molecule has 4 rings (SSSR count). The number of halogens is 1. The zero-order valence-corrected chi connectivity index (χ0v) is 13.9. The molecule has 5 atom stereocenters. The van der Waals surface area contributed by atoms with Crippen molar-refractivity contribution in [1.29, 1.82) is 0 Å². The second-order valence-corrected chi connectivity index (χ2v) is 8.01. The number of allylic oxidation sites excluding steroid dienone is 1. The molecular formula is C21H25FO. The van der Waals surface area contributed by atoms with Gasteiger partial charge in [0.1, 0.15) is 11.6 Å². The van der Waals surface area contributed by atoms with Crippen LogP contribution >= 0.6 is 0 Å². The molecule has 2 fully saturated rings. The molecule has 23 heavy (non-hydrogen) atoms. The molecule has 1 aromatic carbocycles. The number of carbonyl (C=O) groups is 1. The van der Waals surface area contributed by atoms with E-state index in [2.05, 4.69) is 19.6 Å². The molecule has 0 radical (unpaired) electrons. The Kier molecular flexibility index (Phi) is 3.48. The molecule has 2 saturated carbocycles. The lowest BCUT2D eigenvalue weighted by Crippen LogP contribution is -2.44. The van der Waals surface area contributed by atoms with Crippen molar-refractivity contribution in [2.75, 3.05) is 0 Å². The highest BCUT2D eigenvalue weighted by molar-refractivity contribution is 5.87. The maximum Gasteiger partial charge on any atom is 0.139 e. The van der Waals surface area contributed by atoms with Gasteiger partial charge >= 0.3 is 0 Å². The van der Waals surface area contributed by atoms with Crippen LogP contribution in [0.3, 0.4) is 0 Å². The third-order valence-electron chi connectivity index (χ3n) is 7.03. The Labute approximate surface area is 138 Å². The van der Waals surface area contributed by atoms with Crippen molar-refractivity contribution in [2.24, 2.45) is 23.2 Å². The van der Waals surface area contributed by atoms with Crippen LogP contribution in [0.1, 0.15) is 56.1 Å². The quantitative estimate of drug-likeness (QED) is 0.698. The number of carbonyl (C=O) groups excluding carboxylic acids is 1. The first-order chi connectivity index (χ1) is 11.1. The second kappa shape index (κ2) is 5.29. The molecule has 0 aliphatic heterocycles. The third-order valence-corrected chi connectivity index (χ3v) is 7.03. The van der Waals surface area contributed by atoms with Gasteiger partial charge in [-0.3, -0.25) is 4.79 Å². The van der Waals surface area contributed by atoms with Crippen molar-refractivity contribution in [3.63, 3.8) is 0 Å². The first-order valence-electron chi connectivity index (χ1n) is 8.97. The number of hydrogen-bond donors (Lipinski definition) is 0. The van der Waals surface area contributed by atoms with Gasteiger partial charge in [0.15, 0.2) is 0 Å². The topological polar surface area (TPSA) is 17.1 Å². The van der Waals surface area contributed by atoms with E-state index >= 15 is 0 Å². The second-order valence-electron chi connectivity index (χ2n) is 8.01. The van der Waals surface area contributed by atoms with Gasteiger partial charge in [-0.1, -0.05) is 25.1 Å². The van der Waals surface area contributed by atoms with E-state index < -0.39 is 0 Å². The molecule has 122 valence electrons. The normalized spacial score (nSPS) is 38.6. The lowest BCUT2D eigenvalue weighted by molar-refractivity contribution is -0.129. The molecule has 1 nitrogen and oxygen atoms in total. The number of Topliss-reactive ketones (excluding diaryl/α,β-unsaturated/α-hetero) is 1.